The van der Waals surface area contributed by atoms with E-state index in [1.165, 1.54) is 4.90 Å². The highest BCUT2D eigenvalue weighted by atomic mass is 32.1. The molecule has 0 saturated carbocycles. The van der Waals surface area contributed by atoms with Crippen molar-refractivity contribution in [3.8, 4) is 10.4 Å². The van der Waals surface area contributed by atoms with Gasteiger partial charge in [-0.2, -0.15) is 0 Å². The lowest BCUT2D eigenvalue weighted by Gasteiger charge is -2.35. The summed E-state index contributed by atoms with van der Waals surface area (Å²) < 4.78 is 5.30. The lowest BCUT2D eigenvalue weighted by atomic mass is 9.85. The molecular formula is C29H42N4O5S. The maximum atomic E-state index is 13.6. The number of aromatic nitrogens is 1. The van der Waals surface area contributed by atoms with E-state index >= 15 is 0 Å². The number of aliphatic hydroxyl groups excluding tert-OH is 1. The van der Waals surface area contributed by atoms with Crippen molar-refractivity contribution in [3.05, 3.63) is 41.0 Å². The molecule has 1 aromatic heterocycles. The molecule has 10 heteroatoms. The van der Waals surface area contributed by atoms with Crippen LogP contribution in [0.4, 0.5) is 4.79 Å². The number of unbranched alkanes of at least 4 members (excludes halogenated alkanes) is 3. The third kappa shape index (κ3) is 8.50. The second kappa shape index (κ2) is 13.9. The quantitative estimate of drug-likeness (QED) is 0.351. The molecule has 3 rings (SSSR count). The Labute approximate surface area is 235 Å². The zero-order chi connectivity index (χ0) is 28.6. The Morgan fingerprint density at radius 1 is 1.18 bits per heavy atom. The molecule has 1 aliphatic rings. The van der Waals surface area contributed by atoms with Crippen molar-refractivity contribution in [1.29, 1.82) is 0 Å². The third-order valence-electron chi connectivity index (χ3n) is 6.90. The van der Waals surface area contributed by atoms with Gasteiger partial charge >= 0.3 is 6.09 Å². The van der Waals surface area contributed by atoms with Gasteiger partial charge in [-0.15, -0.1) is 11.3 Å². The van der Waals surface area contributed by atoms with E-state index in [2.05, 4.69) is 22.5 Å². The fraction of sp³-hybridized carbons (Fsp3) is 0.586. The molecule has 1 saturated heterocycles. The molecule has 0 spiro atoms. The number of aryl methyl sites for hydroxylation is 1. The summed E-state index contributed by atoms with van der Waals surface area (Å²) in [6.45, 7) is 10.2. The monoisotopic (exact) mass is 558 g/mol. The van der Waals surface area contributed by atoms with Crippen LogP contribution in [0.3, 0.4) is 0 Å². The molecule has 1 aliphatic heterocycles. The lowest BCUT2D eigenvalue weighted by molar-refractivity contribution is -0.142. The van der Waals surface area contributed by atoms with Gasteiger partial charge in [0.1, 0.15) is 12.1 Å². The minimum Gasteiger partial charge on any atom is -0.450 e. The minimum absolute atomic E-state index is 0.0279. The Hall–Kier alpha value is -2.98. The molecule has 1 aromatic carbocycles. The summed E-state index contributed by atoms with van der Waals surface area (Å²) in [6, 6.07) is 6.16. The van der Waals surface area contributed by atoms with Crippen LogP contribution in [0.15, 0.2) is 29.8 Å². The molecule has 1 fully saturated rings. The van der Waals surface area contributed by atoms with Crippen LogP contribution in [0, 0.1) is 12.3 Å². The van der Waals surface area contributed by atoms with E-state index in [-0.39, 0.29) is 25.5 Å². The Bertz CT molecular complexity index is 1110. The molecule has 3 amide bonds. The molecule has 0 unspecified atom stereocenters. The van der Waals surface area contributed by atoms with Crippen molar-refractivity contribution < 1.29 is 24.2 Å². The van der Waals surface area contributed by atoms with Gasteiger partial charge in [0, 0.05) is 19.5 Å². The van der Waals surface area contributed by atoms with Crippen LogP contribution in [0.2, 0.25) is 0 Å². The minimum atomic E-state index is -0.913. The predicted octanol–water partition coefficient (Wildman–Crippen LogP) is 4.42. The maximum absolute atomic E-state index is 13.6. The highest BCUT2D eigenvalue weighted by Crippen LogP contribution is 2.28. The molecule has 0 aliphatic carbocycles. The number of benzene rings is 1. The van der Waals surface area contributed by atoms with Gasteiger partial charge in [0.2, 0.25) is 11.8 Å². The Morgan fingerprint density at radius 3 is 2.51 bits per heavy atom. The maximum Gasteiger partial charge on any atom is 0.407 e. The zero-order valence-corrected chi connectivity index (χ0v) is 24.5. The lowest BCUT2D eigenvalue weighted by Crippen LogP contribution is -2.57. The number of amides is 3. The van der Waals surface area contributed by atoms with Gasteiger partial charge < -0.3 is 25.4 Å². The molecule has 3 N–H and O–H groups in total. The third-order valence-corrected chi connectivity index (χ3v) is 7.88. The van der Waals surface area contributed by atoms with E-state index in [9.17, 15) is 19.5 Å². The van der Waals surface area contributed by atoms with Crippen LogP contribution in [0.25, 0.3) is 10.4 Å². The van der Waals surface area contributed by atoms with Crippen molar-refractivity contribution in [2.75, 3.05) is 13.2 Å². The Morgan fingerprint density at radius 2 is 1.90 bits per heavy atom. The second-order valence-electron chi connectivity index (χ2n) is 11.2. The van der Waals surface area contributed by atoms with Crippen LogP contribution in [-0.2, 0) is 20.9 Å². The summed E-state index contributed by atoms with van der Waals surface area (Å²) in [5.74, 6) is -0.750. The Balaban J connectivity index is 1.61. The van der Waals surface area contributed by atoms with Crippen molar-refractivity contribution in [2.45, 2.75) is 91.5 Å². The molecule has 39 heavy (non-hydrogen) atoms. The number of β-amino-alcohol motifs (C(OH)–C–C–N with tert-alkyl or cyclic N) is 1. The first-order valence-electron chi connectivity index (χ1n) is 13.7. The number of ether oxygens (including phenoxy) is 1. The van der Waals surface area contributed by atoms with Crippen LogP contribution in [0.1, 0.15) is 71.1 Å². The number of likely N-dealkylation sites (tertiary alicyclic amines) is 1. The summed E-state index contributed by atoms with van der Waals surface area (Å²) in [6.07, 6.45) is 2.57. The van der Waals surface area contributed by atoms with Crippen molar-refractivity contribution in [1.82, 2.24) is 20.5 Å². The standard InChI is InChI=1S/C29H42N4O5S/c1-6-7-8-9-14-38-28(37)32-25(29(3,4)5)27(36)33-17-22(34)15-23(33)26(35)30-16-20-10-12-21(13-11-20)24-19(2)31-18-39-24/h10-13,18,22-23,25,34H,6-9,14-17H2,1-5H3,(H,30,35)(H,32,37)/t22-,23-,25+/m0/s1. The van der Waals surface area contributed by atoms with Crippen LogP contribution in [0.5, 0.6) is 0 Å². The van der Waals surface area contributed by atoms with E-state index in [1.807, 2.05) is 57.5 Å². The summed E-state index contributed by atoms with van der Waals surface area (Å²) in [5.41, 5.74) is 4.15. The zero-order valence-electron chi connectivity index (χ0n) is 23.7. The summed E-state index contributed by atoms with van der Waals surface area (Å²) in [5, 5.41) is 16.0. The van der Waals surface area contributed by atoms with E-state index < -0.39 is 35.6 Å². The van der Waals surface area contributed by atoms with Crippen molar-refractivity contribution >= 4 is 29.2 Å². The first kappa shape index (κ1) is 30.6. The molecule has 2 aromatic rings. The number of hydrogen-bond donors (Lipinski definition) is 3. The first-order valence-corrected chi connectivity index (χ1v) is 14.6. The van der Waals surface area contributed by atoms with Gasteiger partial charge in [-0.05, 0) is 29.9 Å². The topological polar surface area (TPSA) is 121 Å². The number of aliphatic hydroxyl groups is 1. The second-order valence-corrected chi connectivity index (χ2v) is 12.1. The normalized spacial score (nSPS) is 18.1. The van der Waals surface area contributed by atoms with Gasteiger partial charge in [0.15, 0.2) is 0 Å². The molecule has 9 nitrogen and oxygen atoms in total. The average molecular weight is 559 g/mol. The summed E-state index contributed by atoms with van der Waals surface area (Å²) >= 11 is 1.58. The fourth-order valence-corrected chi connectivity index (χ4v) is 5.45. The van der Waals surface area contributed by atoms with Gasteiger partial charge in [-0.3, -0.25) is 9.59 Å². The van der Waals surface area contributed by atoms with Crippen molar-refractivity contribution in [2.24, 2.45) is 5.41 Å². The van der Waals surface area contributed by atoms with Gasteiger partial charge in [0.05, 0.1) is 28.8 Å². The van der Waals surface area contributed by atoms with Gasteiger partial charge in [-0.1, -0.05) is 71.2 Å². The average Bonchev–Trinajstić information content (AvgIpc) is 3.50. The molecular weight excluding hydrogens is 516 g/mol. The molecule has 3 atom stereocenters. The van der Waals surface area contributed by atoms with Crippen LogP contribution < -0.4 is 10.6 Å². The molecule has 2 heterocycles. The van der Waals surface area contributed by atoms with Gasteiger partial charge in [-0.25, -0.2) is 9.78 Å². The number of nitrogens with one attached hydrogen (secondary N) is 2. The summed E-state index contributed by atoms with van der Waals surface area (Å²) in [7, 11) is 0. The SMILES string of the molecule is CCCCCCOC(=O)N[C@H](C(=O)N1C[C@@H](O)C[C@H]1C(=O)NCc1ccc(-c2scnc2C)cc1)C(C)(C)C. The number of thiazole rings is 1. The van der Waals surface area contributed by atoms with Crippen LogP contribution >= 0.6 is 11.3 Å². The van der Waals surface area contributed by atoms with E-state index in [4.69, 9.17) is 4.74 Å². The highest BCUT2D eigenvalue weighted by molar-refractivity contribution is 7.13. The smallest absolute Gasteiger partial charge is 0.407 e. The number of carbonyl (C=O) groups excluding carboxylic acids is 3. The van der Waals surface area contributed by atoms with E-state index in [0.29, 0.717) is 6.54 Å². The van der Waals surface area contributed by atoms with Gasteiger partial charge in [0.25, 0.3) is 0 Å². The molecule has 214 valence electrons. The number of nitrogens with zero attached hydrogens (tertiary/aromatic N) is 2. The van der Waals surface area contributed by atoms with E-state index in [0.717, 1.165) is 47.4 Å². The largest absolute Gasteiger partial charge is 0.450 e. The fourth-order valence-electron chi connectivity index (χ4n) is 4.63. The number of carbonyl (C=O) groups is 3. The molecule has 0 bridgehead atoms. The number of rotatable bonds is 11. The van der Waals surface area contributed by atoms with E-state index in [1.54, 1.807) is 11.3 Å². The summed E-state index contributed by atoms with van der Waals surface area (Å²) in [4.78, 5) is 46.0. The number of hydrogen-bond acceptors (Lipinski definition) is 7. The predicted molar refractivity (Wildman–Crippen MR) is 152 cm³/mol. The van der Waals surface area contributed by atoms with Crippen LogP contribution in [-0.4, -0.2) is 64.2 Å². The number of alkyl carbamates (subject to hydrolysis) is 1. The molecule has 0 radical (unpaired) electrons. The first-order chi connectivity index (χ1) is 18.5. The highest BCUT2D eigenvalue weighted by Gasteiger charge is 2.44. The van der Waals surface area contributed by atoms with Crippen molar-refractivity contribution in [3.63, 3.8) is 0 Å². The Kier molecular flexibility index (Phi) is 10.9.